The molecule has 0 unspecified atom stereocenters. The molecule has 0 saturated heterocycles. The molecule has 2 N–H and O–H groups in total. The van der Waals surface area contributed by atoms with Crippen LogP contribution in [0.4, 0.5) is 0 Å². The number of hydrogen-bond donors (Lipinski definition) is 2. The molecule has 5 nitrogen and oxygen atoms in total. The molecule has 0 fully saturated rings. The maximum Gasteiger partial charge on any atom is 0.140 e. The minimum Gasteiger partial charge on any atom is -0.345 e. The molecule has 0 spiro atoms. The summed E-state index contributed by atoms with van der Waals surface area (Å²) in [5, 5.41) is 17.4. The maximum absolute atomic E-state index is 8.89. The van der Waals surface area contributed by atoms with Crippen LogP contribution in [0.3, 0.4) is 0 Å². The quantitative estimate of drug-likeness (QED) is 0.551. The Bertz CT molecular complexity index is 654. The van der Waals surface area contributed by atoms with Gasteiger partial charge in [-0.05, 0) is 0 Å². The molecule has 0 aromatic carbocycles. The van der Waals surface area contributed by atoms with Gasteiger partial charge in [0.25, 0.3) is 0 Å². The maximum atomic E-state index is 8.89. The Kier molecular flexibility index (Phi) is 1.18. The Morgan fingerprint density at radius 3 is 3.14 bits per heavy atom. The molecule has 14 heavy (non-hydrogen) atoms. The molecule has 0 saturated carbocycles. The number of aromatic nitrogens is 4. The van der Waals surface area contributed by atoms with E-state index < -0.39 is 0 Å². The van der Waals surface area contributed by atoms with Gasteiger partial charge in [-0.3, -0.25) is 5.10 Å². The lowest BCUT2D eigenvalue weighted by molar-refractivity contribution is 1.12. The van der Waals surface area contributed by atoms with E-state index in [9.17, 15) is 0 Å². The number of pyridine rings is 1. The molecule has 3 aromatic rings. The Balaban J connectivity index is 2.66. The second-order valence-corrected chi connectivity index (χ2v) is 3.00. The second kappa shape index (κ2) is 2.33. The van der Waals surface area contributed by atoms with E-state index in [0.29, 0.717) is 11.2 Å². The number of aromatic amines is 2. The van der Waals surface area contributed by atoms with Crippen molar-refractivity contribution in [1.82, 2.24) is 20.2 Å². The molecule has 66 valence electrons. The Morgan fingerprint density at radius 2 is 2.29 bits per heavy atom. The monoisotopic (exact) mass is 183 g/mol. The first-order chi connectivity index (χ1) is 6.90. The van der Waals surface area contributed by atoms with Crippen molar-refractivity contribution < 1.29 is 0 Å². The molecule has 5 heteroatoms. The predicted molar refractivity (Wildman–Crippen MR) is 50.5 cm³/mol. The van der Waals surface area contributed by atoms with E-state index in [-0.39, 0.29) is 0 Å². The normalized spacial score (nSPS) is 10.8. The summed E-state index contributed by atoms with van der Waals surface area (Å²) < 4.78 is 0. The average molecular weight is 183 g/mol. The van der Waals surface area contributed by atoms with Crippen LogP contribution in [0.25, 0.3) is 21.9 Å². The van der Waals surface area contributed by atoms with Gasteiger partial charge in [0, 0.05) is 17.8 Å². The Labute approximate surface area is 78.4 Å². The van der Waals surface area contributed by atoms with Crippen molar-refractivity contribution in [3.05, 3.63) is 24.2 Å². The van der Waals surface area contributed by atoms with Crippen LogP contribution in [0.1, 0.15) is 5.56 Å². The van der Waals surface area contributed by atoms with Crippen molar-refractivity contribution in [2.24, 2.45) is 0 Å². The second-order valence-electron chi connectivity index (χ2n) is 3.00. The summed E-state index contributed by atoms with van der Waals surface area (Å²) >= 11 is 0. The summed E-state index contributed by atoms with van der Waals surface area (Å²) in [6.45, 7) is 0. The van der Waals surface area contributed by atoms with E-state index in [0.717, 1.165) is 16.3 Å². The summed E-state index contributed by atoms with van der Waals surface area (Å²) in [5.41, 5.74) is 2.15. The van der Waals surface area contributed by atoms with Crippen LogP contribution < -0.4 is 0 Å². The first kappa shape index (κ1) is 7.09. The highest BCUT2D eigenvalue weighted by atomic mass is 15.1. The van der Waals surface area contributed by atoms with Gasteiger partial charge in [0.05, 0.1) is 22.7 Å². The Hall–Kier alpha value is -2.35. The van der Waals surface area contributed by atoms with E-state index in [1.807, 2.05) is 0 Å². The minimum atomic E-state index is 0.586. The molecular formula is C9H5N5. The van der Waals surface area contributed by atoms with Crippen LogP contribution in [0, 0.1) is 11.3 Å². The molecule has 0 atom stereocenters. The highest BCUT2D eigenvalue weighted by Crippen LogP contribution is 2.23. The average Bonchev–Trinajstić information content (AvgIpc) is 2.82. The lowest BCUT2D eigenvalue weighted by Gasteiger charge is -1.91. The van der Waals surface area contributed by atoms with E-state index in [4.69, 9.17) is 5.26 Å². The lowest BCUT2D eigenvalue weighted by Crippen LogP contribution is -1.78. The van der Waals surface area contributed by atoms with Crippen LogP contribution >= 0.6 is 0 Å². The van der Waals surface area contributed by atoms with Crippen molar-refractivity contribution in [1.29, 1.82) is 5.26 Å². The molecule has 0 bridgehead atoms. The van der Waals surface area contributed by atoms with Crippen LogP contribution in [-0.2, 0) is 0 Å². The van der Waals surface area contributed by atoms with Gasteiger partial charge in [0.15, 0.2) is 0 Å². The SMILES string of the molecule is N#Cc1c[nH]c2ncc3cn[nH]c3c12. The van der Waals surface area contributed by atoms with Gasteiger partial charge >= 0.3 is 0 Å². The van der Waals surface area contributed by atoms with Crippen molar-refractivity contribution in [3.8, 4) is 6.07 Å². The molecule has 3 heterocycles. The molecule has 0 aliphatic heterocycles. The molecule has 0 aliphatic carbocycles. The van der Waals surface area contributed by atoms with Gasteiger partial charge in [-0.1, -0.05) is 0 Å². The third-order valence-corrected chi connectivity index (χ3v) is 2.23. The largest absolute Gasteiger partial charge is 0.345 e. The fourth-order valence-electron chi connectivity index (χ4n) is 1.58. The fourth-order valence-corrected chi connectivity index (χ4v) is 1.58. The number of nitrogens with one attached hydrogen (secondary N) is 2. The third kappa shape index (κ3) is 0.721. The van der Waals surface area contributed by atoms with Crippen molar-refractivity contribution >= 4 is 21.9 Å². The van der Waals surface area contributed by atoms with Crippen molar-refractivity contribution in [2.75, 3.05) is 0 Å². The summed E-state index contributed by atoms with van der Waals surface area (Å²) in [7, 11) is 0. The number of nitriles is 1. The molecular weight excluding hydrogens is 178 g/mol. The minimum absolute atomic E-state index is 0.586. The topological polar surface area (TPSA) is 81.2 Å². The molecule has 0 amide bonds. The predicted octanol–water partition coefficient (Wildman–Crippen LogP) is 1.31. The van der Waals surface area contributed by atoms with Gasteiger partial charge in [-0.2, -0.15) is 10.4 Å². The number of fused-ring (bicyclic) bond motifs is 3. The van der Waals surface area contributed by atoms with Gasteiger partial charge < -0.3 is 4.98 Å². The standard InChI is InChI=1S/C9H5N5/c10-1-5-2-11-9-7(5)8-6(3-12-9)4-13-14-8/h2-4H,(H,11,12)(H,13,14). The highest BCUT2D eigenvalue weighted by molar-refractivity contribution is 6.04. The molecule has 0 radical (unpaired) electrons. The van der Waals surface area contributed by atoms with E-state index in [1.165, 1.54) is 0 Å². The summed E-state index contributed by atoms with van der Waals surface area (Å²) in [6.07, 6.45) is 5.06. The summed E-state index contributed by atoms with van der Waals surface area (Å²) in [5.74, 6) is 0. The number of nitrogens with zero attached hydrogens (tertiary/aromatic N) is 3. The molecule has 3 aromatic heterocycles. The third-order valence-electron chi connectivity index (χ3n) is 2.23. The first-order valence-corrected chi connectivity index (χ1v) is 4.09. The summed E-state index contributed by atoms with van der Waals surface area (Å²) in [4.78, 5) is 7.12. The van der Waals surface area contributed by atoms with E-state index in [1.54, 1.807) is 18.6 Å². The van der Waals surface area contributed by atoms with Gasteiger partial charge in [0.2, 0.25) is 0 Å². The Morgan fingerprint density at radius 1 is 1.36 bits per heavy atom. The van der Waals surface area contributed by atoms with Crippen LogP contribution in [0.2, 0.25) is 0 Å². The smallest absolute Gasteiger partial charge is 0.140 e. The van der Waals surface area contributed by atoms with E-state index in [2.05, 4.69) is 26.2 Å². The van der Waals surface area contributed by atoms with Gasteiger partial charge in [-0.15, -0.1) is 0 Å². The zero-order valence-corrected chi connectivity index (χ0v) is 7.07. The first-order valence-electron chi connectivity index (χ1n) is 4.09. The lowest BCUT2D eigenvalue weighted by atomic mass is 10.2. The zero-order valence-electron chi connectivity index (χ0n) is 7.07. The van der Waals surface area contributed by atoms with Gasteiger partial charge in [-0.25, -0.2) is 4.98 Å². The zero-order chi connectivity index (χ0) is 9.54. The van der Waals surface area contributed by atoms with Crippen molar-refractivity contribution in [3.63, 3.8) is 0 Å². The van der Waals surface area contributed by atoms with Crippen molar-refractivity contribution in [2.45, 2.75) is 0 Å². The number of H-pyrrole nitrogens is 2. The molecule has 3 rings (SSSR count). The molecule has 0 aliphatic rings. The van der Waals surface area contributed by atoms with Gasteiger partial charge in [0.1, 0.15) is 11.7 Å². The highest BCUT2D eigenvalue weighted by Gasteiger charge is 2.09. The fraction of sp³-hybridized carbons (Fsp3) is 0. The van der Waals surface area contributed by atoms with E-state index >= 15 is 0 Å². The van der Waals surface area contributed by atoms with Crippen LogP contribution in [0.15, 0.2) is 18.6 Å². The van der Waals surface area contributed by atoms with Crippen LogP contribution in [-0.4, -0.2) is 20.2 Å². The summed E-state index contributed by atoms with van der Waals surface area (Å²) in [6, 6.07) is 2.11. The van der Waals surface area contributed by atoms with Crippen LogP contribution in [0.5, 0.6) is 0 Å². The number of rotatable bonds is 0. The number of hydrogen-bond acceptors (Lipinski definition) is 3.